The van der Waals surface area contributed by atoms with E-state index in [0.29, 0.717) is 12.1 Å². The van der Waals surface area contributed by atoms with Crippen LogP contribution in [0.1, 0.15) is 41.4 Å². The highest BCUT2D eigenvalue weighted by Crippen LogP contribution is 2.16. The summed E-state index contributed by atoms with van der Waals surface area (Å²) in [6.07, 6.45) is 0. The van der Waals surface area contributed by atoms with Crippen LogP contribution in [0, 0.1) is 0 Å². The Morgan fingerprint density at radius 2 is 0.607 bits per heavy atom. The lowest BCUT2D eigenvalue weighted by Crippen LogP contribution is -2.40. The predicted molar refractivity (Wildman–Crippen MR) is 86.2 cm³/mol. The summed E-state index contributed by atoms with van der Waals surface area (Å²) >= 11 is 0. The number of quaternary nitrogens is 4. The van der Waals surface area contributed by atoms with Gasteiger partial charge in [0, 0.05) is 22.3 Å². The molecular formula is C14H30N4O10. The standard InChI is InChI=1S/C10H6O8.4CH5N.2H2O/c11-7(12)3-1-4(8(13)14)6(10(17)18)2-5(3)9(15)16;4*1-2;;/h1-2H,(H,11,12)(H,13,14)(H,15,16)(H,17,18);4*2H2,1H3;2*1H2. The van der Waals surface area contributed by atoms with E-state index < -0.39 is 46.1 Å². The van der Waals surface area contributed by atoms with Crippen LogP contribution in [0.3, 0.4) is 0 Å². The molecule has 1 aromatic carbocycles. The maximum atomic E-state index is 10.6. The van der Waals surface area contributed by atoms with Gasteiger partial charge in [-0.05, 0) is 12.1 Å². The molecule has 1 aromatic rings. The van der Waals surface area contributed by atoms with Crippen molar-refractivity contribution in [3.63, 3.8) is 0 Å². The maximum Gasteiger partial charge on any atom is 0.0722 e. The number of rotatable bonds is 4. The van der Waals surface area contributed by atoms with E-state index in [0.717, 1.165) is 0 Å². The normalized spacial score (nSPS) is 7.14. The molecule has 0 aromatic heterocycles. The number of hydrogen-bond acceptors (Lipinski definition) is 8. The summed E-state index contributed by atoms with van der Waals surface area (Å²) in [7, 11) is 7.00. The molecule has 0 atom stereocenters. The van der Waals surface area contributed by atoms with E-state index in [4.69, 9.17) is 0 Å². The van der Waals surface area contributed by atoms with Crippen LogP contribution in [0.25, 0.3) is 0 Å². The summed E-state index contributed by atoms with van der Waals surface area (Å²) in [5, 5.41) is 42.4. The van der Waals surface area contributed by atoms with Crippen molar-refractivity contribution in [3.05, 3.63) is 34.4 Å². The van der Waals surface area contributed by atoms with Crippen LogP contribution in [0.4, 0.5) is 0 Å². The molecule has 1 rings (SSSR count). The van der Waals surface area contributed by atoms with Crippen molar-refractivity contribution in [2.75, 3.05) is 28.2 Å². The molecule has 0 saturated heterocycles. The van der Waals surface area contributed by atoms with Crippen molar-refractivity contribution < 1.29 is 73.5 Å². The van der Waals surface area contributed by atoms with Gasteiger partial charge in [0.25, 0.3) is 0 Å². The third-order valence-corrected chi connectivity index (χ3v) is 2.04. The Labute approximate surface area is 161 Å². The maximum absolute atomic E-state index is 10.6. The molecule has 0 bridgehead atoms. The van der Waals surface area contributed by atoms with E-state index in [9.17, 15) is 39.6 Å². The molecule has 0 unspecified atom stereocenters. The zero-order chi connectivity index (χ0) is 22.0. The Hall–Kier alpha value is -3.14. The fourth-order valence-electron chi connectivity index (χ4n) is 1.28. The summed E-state index contributed by atoms with van der Waals surface area (Å²) in [4.78, 5) is 42.4. The molecule has 16 N–H and O–H groups in total. The third-order valence-electron chi connectivity index (χ3n) is 2.04. The van der Waals surface area contributed by atoms with Crippen LogP contribution in [0.15, 0.2) is 12.1 Å². The van der Waals surface area contributed by atoms with E-state index in [-0.39, 0.29) is 11.0 Å². The highest BCUT2D eigenvalue weighted by Gasteiger charge is 2.13. The molecule has 0 aliphatic carbocycles. The lowest BCUT2D eigenvalue weighted by atomic mass is 9.98. The Morgan fingerprint density at radius 1 is 0.500 bits per heavy atom. The third kappa shape index (κ3) is 13.1. The molecule has 28 heavy (non-hydrogen) atoms. The topological polar surface area (TPSA) is 334 Å². The van der Waals surface area contributed by atoms with Gasteiger partial charge in [-0.1, -0.05) is 0 Å². The molecule has 14 heteroatoms. The van der Waals surface area contributed by atoms with E-state index in [1.165, 1.54) is 0 Å². The van der Waals surface area contributed by atoms with Crippen LogP contribution in [-0.2, 0) is 0 Å². The lowest BCUT2D eigenvalue weighted by Gasteiger charge is -2.18. The van der Waals surface area contributed by atoms with E-state index in [2.05, 4.69) is 22.9 Å². The van der Waals surface area contributed by atoms with Gasteiger partial charge in [-0.2, -0.15) is 0 Å². The minimum atomic E-state index is -2.00. The minimum Gasteiger partial charge on any atom is -0.545 e. The van der Waals surface area contributed by atoms with Gasteiger partial charge in [-0.15, -0.1) is 0 Å². The van der Waals surface area contributed by atoms with Crippen molar-refractivity contribution in [3.8, 4) is 0 Å². The molecule has 0 saturated carbocycles. The predicted octanol–water partition coefficient (Wildman–Crippen LogP) is -11.1. The summed E-state index contributed by atoms with van der Waals surface area (Å²) in [5.74, 6) is -7.99. The number of carboxylic acids is 4. The monoisotopic (exact) mass is 414 g/mol. The Bertz CT molecular complexity index is 495. The number of hydrogen-bond donors (Lipinski definition) is 4. The fraction of sp³-hybridized carbons (Fsp3) is 0.286. The zero-order valence-corrected chi connectivity index (χ0v) is 16.2. The number of carbonyl (C=O) groups excluding carboxylic acids is 4. The first-order valence-corrected chi connectivity index (χ1v) is 7.12. The van der Waals surface area contributed by atoms with Gasteiger partial charge in [0.1, 0.15) is 0 Å². The van der Waals surface area contributed by atoms with Crippen LogP contribution >= 0.6 is 0 Å². The molecule has 0 heterocycles. The minimum absolute atomic E-state index is 0. The molecule has 0 fully saturated rings. The molecule has 14 nitrogen and oxygen atoms in total. The Morgan fingerprint density at radius 3 is 0.679 bits per heavy atom. The van der Waals surface area contributed by atoms with E-state index in [1.54, 1.807) is 28.2 Å². The van der Waals surface area contributed by atoms with E-state index in [1.807, 2.05) is 0 Å². The number of carbonyl (C=O) groups is 4. The summed E-state index contributed by atoms with van der Waals surface area (Å²) in [6, 6.07) is 0.613. The highest BCUT2D eigenvalue weighted by atomic mass is 16.4. The van der Waals surface area contributed by atoms with Gasteiger partial charge in [-0.25, -0.2) is 0 Å². The zero-order valence-electron chi connectivity index (χ0n) is 16.2. The lowest BCUT2D eigenvalue weighted by molar-refractivity contribution is -0.325. The number of carboxylic acid groups (broad SMARTS) is 4. The van der Waals surface area contributed by atoms with Gasteiger partial charge in [0.15, 0.2) is 0 Å². The van der Waals surface area contributed by atoms with Crippen LogP contribution in [0.2, 0.25) is 0 Å². The van der Waals surface area contributed by atoms with Crippen molar-refractivity contribution >= 4 is 23.9 Å². The van der Waals surface area contributed by atoms with Gasteiger partial charge in [0.05, 0.1) is 52.1 Å². The quantitative estimate of drug-likeness (QED) is 0.365. The van der Waals surface area contributed by atoms with E-state index >= 15 is 0 Å². The van der Waals surface area contributed by atoms with Crippen molar-refractivity contribution in [2.24, 2.45) is 0 Å². The molecule has 0 aliphatic rings. The molecular weight excluding hydrogens is 384 g/mol. The summed E-state index contributed by atoms with van der Waals surface area (Å²) in [5.41, 5.74) is 8.89. The smallest absolute Gasteiger partial charge is 0.0722 e. The van der Waals surface area contributed by atoms with Crippen LogP contribution < -0.4 is 43.4 Å². The molecule has 0 spiro atoms. The average molecular weight is 414 g/mol. The van der Waals surface area contributed by atoms with Gasteiger partial charge < -0.3 is 73.5 Å². The van der Waals surface area contributed by atoms with Crippen LogP contribution in [0.5, 0.6) is 0 Å². The first-order valence-electron chi connectivity index (χ1n) is 7.12. The molecule has 0 aliphatic heterocycles. The van der Waals surface area contributed by atoms with Crippen LogP contribution in [-0.4, -0.2) is 63.0 Å². The van der Waals surface area contributed by atoms with Gasteiger partial charge >= 0.3 is 0 Å². The number of benzene rings is 1. The van der Waals surface area contributed by atoms with Crippen molar-refractivity contribution in [2.45, 2.75) is 0 Å². The molecule has 166 valence electrons. The van der Waals surface area contributed by atoms with Gasteiger partial charge in [0.2, 0.25) is 0 Å². The van der Waals surface area contributed by atoms with Crippen molar-refractivity contribution in [1.82, 2.24) is 0 Å². The molecule has 0 amide bonds. The number of aromatic carboxylic acids is 4. The summed E-state index contributed by atoms with van der Waals surface area (Å²) in [6.45, 7) is 0. The largest absolute Gasteiger partial charge is 0.545 e. The first kappa shape index (κ1) is 39.8. The highest BCUT2D eigenvalue weighted by molar-refractivity contribution is 6.07. The SMILES string of the molecule is C[NH3+].C[NH3+].C[NH3+].C[NH3+].O.O.O=C([O-])c1cc(C(=O)[O-])c(C(=O)[O-])cc1C(=O)[O-]. The Kier molecular flexibility index (Phi) is 33.9. The first-order chi connectivity index (χ1) is 12.3. The summed E-state index contributed by atoms with van der Waals surface area (Å²) < 4.78 is 0. The molecule has 0 radical (unpaired) electrons. The second kappa shape index (κ2) is 23.9. The Balaban J connectivity index is -0.000000107. The second-order valence-electron chi connectivity index (χ2n) is 3.09. The second-order valence-corrected chi connectivity index (χ2v) is 3.09. The average Bonchev–Trinajstić information content (AvgIpc) is 2.66. The van der Waals surface area contributed by atoms with Crippen molar-refractivity contribution in [1.29, 1.82) is 0 Å². The van der Waals surface area contributed by atoms with Gasteiger partial charge in [-0.3, -0.25) is 0 Å². The fourth-order valence-corrected chi connectivity index (χ4v) is 1.28.